The molecule has 0 radical (unpaired) electrons. The molecule has 5 nitrogen and oxygen atoms in total. The number of benzene rings is 2. The Bertz CT molecular complexity index is 1110. The Kier molecular flexibility index (Phi) is 5.42. The first kappa shape index (κ1) is 19.9. The average Bonchev–Trinajstić information content (AvgIpc) is 3.29. The van der Waals surface area contributed by atoms with Gasteiger partial charge in [-0.05, 0) is 79.7 Å². The van der Waals surface area contributed by atoms with E-state index < -0.39 is 0 Å². The number of imide groups is 1. The maximum atomic E-state index is 13.4. The van der Waals surface area contributed by atoms with Gasteiger partial charge in [0.15, 0.2) is 0 Å². The molecule has 6 heteroatoms. The zero-order valence-corrected chi connectivity index (χ0v) is 17.9. The molecule has 3 aromatic rings. The topological polar surface area (TPSA) is 58.6 Å². The number of carbonyl (C=O) groups excluding carboxylic acids is 2. The first-order chi connectivity index (χ1) is 14.5. The fourth-order valence-corrected chi connectivity index (χ4v) is 4.35. The van der Waals surface area contributed by atoms with Crippen molar-refractivity contribution in [3.63, 3.8) is 0 Å². The minimum atomic E-state index is -0.369. The smallest absolute Gasteiger partial charge is 0.282 e. The van der Waals surface area contributed by atoms with Gasteiger partial charge in [-0.3, -0.25) is 9.59 Å². The first-order valence-electron chi connectivity index (χ1n) is 9.73. The highest BCUT2D eigenvalue weighted by Gasteiger charge is 2.40. The molecule has 152 valence electrons. The summed E-state index contributed by atoms with van der Waals surface area (Å²) in [7, 11) is 0. The van der Waals surface area contributed by atoms with Crippen molar-refractivity contribution in [2.24, 2.45) is 0 Å². The summed E-state index contributed by atoms with van der Waals surface area (Å²) < 4.78 is 5.47. The summed E-state index contributed by atoms with van der Waals surface area (Å²) in [5.41, 5.74) is 4.14. The molecule has 0 bridgehead atoms. The van der Waals surface area contributed by atoms with Crippen molar-refractivity contribution in [1.29, 1.82) is 0 Å². The average molecular weight is 419 g/mol. The van der Waals surface area contributed by atoms with Crippen LogP contribution in [0.2, 0.25) is 0 Å². The Hall–Kier alpha value is -3.38. The normalized spacial score (nSPS) is 13.9. The second-order valence-corrected chi connectivity index (χ2v) is 8.05. The lowest BCUT2D eigenvalue weighted by molar-refractivity contribution is -0.120. The van der Waals surface area contributed by atoms with Gasteiger partial charge in [0.25, 0.3) is 11.8 Å². The highest BCUT2D eigenvalue weighted by Crippen LogP contribution is 2.36. The van der Waals surface area contributed by atoms with E-state index in [4.69, 9.17) is 4.74 Å². The fourth-order valence-electron chi connectivity index (χ4n) is 3.58. The maximum Gasteiger partial charge on any atom is 0.282 e. The van der Waals surface area contributed by atoms with E-state index in [1.54, 1.807) is 24.3 Å². The van der Waals surface area contributed by atoms with Crippen LogP contribution in [0.4, 0.5) is 11.4 Å². The quantitative estimate of drug-likeness (QED) is 0.562. The summed E-state index contributed by atoms with van der Waals surface area (Å²) in [6.45, 7) is 6.46. The number of hydrogen-bond acceptors (Lipinski definition) is 5. The number of amides is 2. The Morgan fingerprint density at radius 1 is 0.967 bits per heavy atom. The predicted octanol–water partition coefficient (Wildman–Crippen LogP) is 5.16. The third-order valence-electron chi connectivity index (χ3n) is 4.75. The number of hydrogen-bond donors (Lipinski definition) is 1. The zero-order chi connectivity index (χ0) is 21.3. The molecular formula is C24H22N2O3S. The van der Waals surface area contributed by atoms with Gasteiger partial charge in [-0.1, -0.05) is 12.1 Å². The zero-order valence-electron chi connectivity index (χ0n) is 17.1. The van der Waals surface area contributed by atoms with Crippen LogP contribution < -0.4 is 15.0 Å². The van der Waals surface area contributed by atoms with Crippen LogP contribution in [0.5, 0.6) is 5.75 Å². The van der Waals surface area contributed by atoms with Crippen LogP contribution in [0, 0.1) is 13.8 Å². The van der Waals surface area contributed by atoms with E-state index in [-0.39, 0.29) is 11.8 Å². The summed E-state index contributed by atoms with van der Waals surface area (Å²) in [6.07, 6.45) is 0. The van der Waals surface area contributed by atoms with Gasteiger partial charge >= 0.3 is 0 Å². The number of rotatable bonds is 6. The van der Waals surface area contributed by atoms with Gasteiger partial charge in [0, 0.05) is 10.6 Å². The van der Waals surface area contributed by atoms with Crippen LogP contribution in [0.3, 0.4) is 0 Å². The van der Waals surface area contributed by atoms with E-state index in [0.717, 1.165) is 21.7 Å². The molecule has 2 aromatic carbocycles. The van der Waals surface area contributed by atoms with Crippen molar-refractivity contribution >= 4 is 40.1 Å². The van der Waals surface area contributed by atoms with Crippen LogP contribution >= 0.6 is 11.3 Å². The van der Waals surface area contributed by atoms with Gasteiger partial charge in [-0.25, -0.2) is 4.90 Å². The molecule has 2 amide bonds. The van der Waals surface area contributed by atoms with Crippen LogP contribution in [-0.2, 0) is 9.59 Å². The van der Waals surface area contributed by atoms with E-state index in [2.05, 4.69) is 11.4 Å². The molecule has 1 aromatic heterocycles. The highest BCUT2D eigenvalue weighted by molar-refractivity contribution is 7.11. The predicted molar refractivity (Wildman–Crippen MR) is 121 cm³/mol. The van der Waals surface area contributed by atoms with Crippen LogP contribution in [0.15, 0.2) is 65.7 Å². The molecule has 4 rings (SSSR count). The van der Waals surface area contributed by atoms with E-state index in [0.29, 0.717) is 29.3 Å². The second-order valence-electron chi connectivity index (χ2n) is 7.10. The summed E-state index contributed by atoms with van der Waals surface area (Å²) in [5, 5.41) is 5.12. The van der Waals surface area contributed by atoms with Gasteiger partial charge in [0.2, 0.25) is 0 Å². The molecule has 0 fully saturated rings. The standard InChI is InChI=1S/C24H22N2O3S/c1-4-29-19-9-7-18(8-10-19)26-23(27)21(20-6-5-11-30-20)22(24(26)28)25-17-13-15(2)12-16(3)14-17/h5-14,25H,4H2,1-3H3. The van der Waals surface area contributed by atoms with Crippen molar-refractivity contribution in [3.8, 4) is 5.75 Å². The Morgan fingerprint density at radius 2 is 1.67 bits per heavy atom. The monoisotopic (exact) mass is 418 g/mol. The molecule has 1 aliphatic heterocycles. The molecule has 0 saturated carbocycles. The second kappa shape index (κ2) is 8.16. The number of nitrogens with zero attached hydrogens (tertiary/aromatic N) is 1. The van der Waals surface area contributed by atoms with Crippen LogP contribution in [0.25, 0.3) is 5.57 Å². The summed E-state index contributed by atoms with van der Waals surface area (Å²) >= 11 is 1.44. The molecule has 1 N–H and O–H groups in total. The number of aryl methyl sites for hydroxylation is 2. The molecule has 0 saturated heterocycles. The van der Waals surface area contributed by atoms with Crippen LogP contribution in [0.1, 0.15) is 22.9 Å². The summed E-state index contributed by atoms with van der Waals surface area (Å²) in [5.74, 6) is -0.00873. The van der Waals surface area contributed by atoms with E-state index in [1.165, 1.54) is 16.2 Å². The van der Waals surface area contributed by atoms with Crippen molar-refractivity contribution in [2.45, 2.75) is 20.8 Å². The Morgan fingerprint density at radius 3 is 2.27 bits per heavy atom. The van der Waals surface area contributed by atoms with E-state index in [1.807, 2.05) is 50.4 Å². The van der Waals surface area contributed by atoms with Gasteiger partial charge in [0.05, 0.1) is 17.9 Å². The summed E-state index contributed by atoms with van der Waals surface area (Å²) in [6, 6.07) is 16.7. The van der Waals surface area contributed by atoms with E-state index in [9.17, 15) is 9.59 Å². The molecule has 0 unspecified atom stereocenters. The lowest BCUT2D eigenvalue weighted by Gasteiger charge is -2.16. The first-order valence-corrected chi connectivity index (χ1v) is 10.6. The van der Waals surface area contributed by atoms with Crippen molar-refractivity contribution < 1.29 is 14.3 Å². The highest BCUT2D eigenvalue weighted by atomic mass is 32.1. The molecule has 0 aliphatic carbocycles. The van der Waals surface area contributed by atoms with Crippen molar-refractivity contribution in [1.82, 2.24) is 0 Å². The van der Waals surface area contributed by atoms with Gasteiger partial charge in [-0.2, -0.15) is 0 Å². The van der Waals surface area contributed by atoms with E-state index >= 15 is 0 Å². The van der Waals surface area contributed by atoms with Crippen LogP contribution in [-0.4, -0.2) is 18.4 Å². The number of ether oxygens (including phenoxy) is 1. The minimum absolute atomic E-state index is 0.293. The van der Waals surface area contributed by atoms with Gasteiger partial charge in [0.1, 0.15) is 11.4 Å². The Balaban J connectivity index is 1.74. The maximum absolute atomic E-state index is 13.4. The van der Waals surface area contributed by atoms with Gasteiger partial charge in [-0.15, -0.1) is 11.3 Å². The number of carbonyl (C=O) groups is 2. The SMILES string of the molecule is CCOc1ccc(N2C(=O)C(Nc3cc(C)cc(C)c3)=C(c3cccs3)C2=O)cc1. The van der Waals surface area contributed by atoms with Gasteiger partial charge < -0.3 is 10.1 Å². The lowest BCUT2D eigenvalue weighted by atomic mass is 10.1. The van der Waals surface area contributed by atoms with Crippen molar-refractivity contribution in [3.05, 3.63) is 81.7 Å². The Labute approximate surface area is 179 Å². The number of thiophene rings is 1. The molecule has 0 spiro atoms. The number of nitrogens with one attached hydrogen (secondary N) is 1. The molecule has 0 atom stereocenters. The number of anilines is 2. The van der Waals surface area contributed by atoms with Crippen molar-refractivity contribution in [2.75, 3.05) is 16.8 Å². The summed E-state index contributed by atoms with van der Waals surface area (Å²) in [4.78, 5) is 28.7. The third-order valence-corrected chi connectivity index (χ3v) is 5.64. The molecule has 30 heavy (non-hydrogen) atoms. The lowest BCUT2D eigenvalue weighted by Crippen LogP contribution is -2.32. The third kappa shape index (κ3) is 3.74. The molecule has 1 aliphatic rings. The largest absolute Gasteiger partial charge is 0.494 e. The fraction of sp³-hybridized carbons (Fsp3) is 0.167. The minimum Gasteiger partial charge on any atom is -0.494 e. The molecular weight excluding hydrogens is 396 g/mol. The molecule has 2 heterocycles.